The fourth-order valence-electron chi connectivity index (χ4n) is 1.97. The lowest BCUT2D eigenvalue weighted by atomic mass is 10.2. The van der Waals surface area contributed by atoms with Crippen LogP contribution in [0.15, 0.2) is 41.5 Å². The Morgan fingerprint density at radius 1 is 1.36 bits per heavy atom. The van der Waals surface area contributed by atoms with E-state index in [-0.39, 0.29) is 18.0 Å². The molecule has 0 aliphatic heterocycles. The number of hydrogen-bond donors (Lipinski definition) is 1. The Labute approximate surface area is 128 Å². The van der Waals surface area contributed by atoms with Crippen LogP contribution in [0.2, 0.25) is 0 Å². The summed E-state index contributed by atoms with van der Waals surface area (Å²) in [6.45, 7) is 2.26. The number of benzene rings is 1. The zero-order valence-corrected chi connectivity index (χ0v) is 12.7. The minimum Gasteiger partial charge on any atom is -0.497 e. The number of ether oxygens (including phenoxy) is 1. The summed E-state index contributed by atoms with van der Waals surface area (Å²) in [4.78, 5) is 27.9. The lowest BCUT2D eigenvalue weighted by molar-refractivity contribution is -0.121. The second-order valence-electron chi connectivity index (χ2n) is 4.83. The summed E-state index contributed by atoms with van der Waals surface area (Å²) in [5.74, 6) is 0.498. The van der Waals surface area contributed by atoms with Gasteiger partial charge in [-0.2, -0.15) is 0 Å². The van der Waals surface area contributed by atoms with Crippen LogP contribution in [0.5, 0.6) is 5.75 Å². The predicted octanol–water partition coefficient (Wildman–Crippen LogP) is 1.13. The number of rotatable bonds is 6. The first kappa shape index (κ1) is 15.8. The zero-order valence-electron chi connectivity index (χ0n) is 12.7. The van der Waals surface area contributed by atoms with E-state index in [1.807, 2.05) is 31.2 Å². The summed E-state index contributed by atoms with van der Waals surface area (Å²) >= 11 is 0. The number of aromatic nitrogens is 2. The van der Waals surface area contributed by atoms with Crippen LogP contribution in [-0.2, 0) is 24.3 Å². The molecule has 0 saturated heterocycles. The normalized spacial score (nSPS) is 10.3. The molecule has 6 nitrogen and oxygen atoms in total. The van der Waals surface area contributed by atoms with Gasteiger partial charge in [0, 0.05) is 18.3 Å². The van der Waals surface area contributed by atoms with Gasteiger partial charge in [0.15, 0.2) is 0 Å². The molecular formula is C16H19N3O3. The summed E-state index contributed by atoms with van der Waals surface area (Å²) < 4.78 is 6.42. The maximum Gasteiger partial charge on any atom is 0.253 e. The smallest absolute Gasteiger partial charge is 0.253 e. The van der Waals surface area contributed by atoms with Crippen LogP contribution in [0.3, 0.4) is 0 Å². The van der Waals surface area contributed by atoms with Gasteiger partial charge >= 0.3 is 0 Å². The molecule has 22 heavy (non-hydrogen) atoms. The first-order valence-electron chi connectivity index (χ1n) is 7.07. The molecule has 0 aliphatic rings. The van der Waals surface area contributed by atoms with Gasteiger partial charge in [0.1, 0.15) is 12.3 Å². The lowest BCUT2D eigenvalue weighted by Crippen LogP contribution is -2.32. The van der Waals surface area contributed by atoms with E-state index in [4.69, 9.17) is 4.74 Å². The standard InChI is InChI=1S/C16H19N3O3/c1-3-13-8-16(21)19(11-18-13)10-15(20)17-9-12-5-4-6-14(7-12)22-2/h4-8,11H,3,9-10H2,1-2H3,(H,17,20). The molecule has 0 fully saturated rings. The van der Waals surface area contributed by atoms with E-state index in [1.165, 1.54) is 17.0 Å². The Bertz CT molecular complexity index is 710. The molecule has 1 aromatic carbocycles. The average molecular weight is 301 g/mol. The molecule has 0 spiro atoms. The maximum atomic E-state index is 11.9. The third-order valence-electron chi connectivity index (χ3n) is 3.24. The van der Waals surface area contributed by atoms with Gasteiger partial charge in [-0.05, 0) is 24.1 Å². The molecule has 1 heterocycles. The molecule has 0 bridgehead atoms. The van der Waals surface area contributed by atoms with Gasteiger partial charge in [0.25, 0.3) is 5.56 Å². The van der Waals surface area contributed by atoms with Gasteiger partial charge in [-0.1, -0.05) is 19.1 Å². The lowest BCUT2D eigenvalue weighted by Gasteiger charge is -2.08. The van der Waals surface area contributed by atoms with Crippen LogP contribution in [0, 0.1) is 0 Å². The Balaban J connectivity index is 1.94. The second-order valence-corrected chi connectivity index (χ2v) is 4.83. The summed E-state index contributed by atoms with van der Waals surface area (Å²) in [6.07, 6.45) is 2.10. The van der Waals surface area contributed by atoms with Crippen molar-refractivity contribution in [3.05, 3.63) is 58.3 Å². The highest BCUT2D eigenvalue weighted by Gasteiger charge is 2.06. The minimum absolute atomic E-state index is 0.0419. The molecule has 116 valence electrons. The zero-order chi connectivity index (χ0) is 15.9. The maximum absolute atomic E-state index is 11.9. The van der Waals surface area contributed by atoms with Crippen molar-refractivity contribution in [2.45, 2.75) is 26.4 Å². The number of amides is 1. The molecule has 6 heteroatoms. The summed E-state index contributed by atoms with van der Waals surface area (Å²) in [7, 11) is 1.59. The van der Waals surface area contributed by atoms with E-state index in [0.29, 0.717) is 13.0 Å². The van der Waals surface area contributed by atoms with Gasteiger partial charge in [-0.3, -0.25) is 14.2 Å². The number of carbonyl (C=O) groups excluding carboxylic acids is 1. The first-order valence-corrected chi connectivity index (χ1v) is 7.07. The largest absolute Gasteiger partial charge is 0.497 e. The molecular weight excluding hydrogens is 282 g/mol. The topological polar surface area (TPSA) is 73.2 Å². The van der Waals surface area contributed by atoms with E-state index >= 15 is 0 Å². The molecule has 2 rings (SSSR count). The van der Waals surface area contributed by atoms with Crippen molar-refractivity contribution in [3.8, 4) is 5.75 Å². The van der Waals surface area contributed by atoms with Crippen LogP contribution in [0.25, 0.3) is 0 Å². The third kappa shape index (κ3) is 4.18. The average Bonchev–Trinajstić information content (AvgIpc) is 2.55. The van der Waals surface area contributed by atoms with Crippen LogP contribution >= 0.6 is 0 Å². The monoisotopic (exact) mass is 301 g/mol. The molecule has 1 N–H and O–H groups in total. The van der Waals surface area contributed by atoms with Crippen LogP contribution in [-0.4, -0.2) is 22.6 Å². The van der Waals surface area contributed by atoms with Crippen molar-refractivity contribution in [1.29, 1.82) is 0 Å². The first-order chi connectivity index (χ1) is 10.6. The Hall–Kier alpha value is -2.63. The van der Waals surface area contributed by atoms with Gasteiger partial charge < -0.3 is 10.1 Å². The summed E-state index contributed by atoms with van der Waals surface area (Å²) in [6, 6.07) is 8.90. The quantitative estimate of drug-likeness (QED) is 0.868. The second kappa shape index (κ2) is 7.40. The predicted molar refractivity (Wildman–Crippen MR) is 82.7 cm³/mol. The molecule has 0 atom stereocenters. The number of hydrogen-bond acceptors (Lipinski definition) is 4. The van der Waals surface area contributed by atoms with Crippen LogP contribution < -0.4 is 15.6 Å². The van der Waals surface area contributed by atoms with Crippen LogP contribution in [0.1, 0.15) is 18.2 Å². The van der Waals surface area contributed by atoms with Crippen molar-refractivity contribution in [2.75, 3.05) is 7.11 Å². The fraction of sp³-hybridized carbons (Fsp3) is 0.312. The van der Waals surface area contributed by atoms with Gasteiger partial charge in [0.2, 0.25) is 5.91 Å². The molecule has 0 unspecified atom stereocenters. The van der Waals surface area contributed by atoms with Crippen molar-refractivity contribution in [3.63, 3.8) is 0 Å². The van der Waals surface area contributed by atoms with Crippen molar-refractivity contribution in [1.82, 2.24) is 14.9 Å². The van der Waals surface area contributed by atoms with E-state index in [1.54, 1.807) is 7.11 Å². The van der Waals surface area contributed by atoms with E-state index in [2.05, 4.69) is 10.3 Å². The number of aryl methyl sites for hydroxylation is 1. The summed E-state index contributed by atoms with van der Waals surface area (Å²) in [5.41, 5.74) is 1.43. The highest BCUT2D eigenvalue weighted by Crippen LogP contribution is 2.11. The van der Waals surface area contributed by atoms with Gasteiger partial charge in [-0.25, -0.2) is 4.98 Å². The third-order valence-corrected chi connectivity index (χ3v) is 3.24. The highest BCUT2D eigenvalue weighted by atomic mass is 16.5. The van der Waals surface area contributed by atoms with E-state index in [9.17, 15) is 9.59 Å². The van der Waals surface area contributed by atoms with Gasteiger partial charge in [-0.15, -0.1) is 0 Å². The van der Waals surface area contributed by atoms with Gasteiger partial charge in [0.05, 0.1) is 13.4 Å². The number of nitrogens with zero attached hydrogens (tertiary/aromatic N) is 2. The molecule has 1 aromatic heterocycles. The van der Waals surface area contributed by atoms with E-state index in [0.717, 1.165) is 17.0 Å². The number of carbonyl (C=O) groups is 1. The highest BCUT2D eigenvalue weighted by molar-refractivity contribution is 5.75. The Morgan fingerprint density at radius 2 is 2.18 bits per heavy atom. The van der Waals surface area contributed by atoms with Crippen LogP contribution in [0.4, 0.5) is 0 Å². The Morgan fingerprint density at radius 3 is 2.86 bits per heavy atom. The summed E-state index contributed by atoms with van der Waals surface area (Å²) in [5, 5.41) is 2.77. The fourth-order valence-corrected chi connectivity index (χ4v) is 1.97. The number of nitrogens with one attached hydrogen (secondary N) is 1. The number of methoxy groups -OCH3 is 1. The van der Waals surface area contributed by atoms with Crippen molar-refractivity contribution >= 4 is 5.91 Å². The van der Waals surface area contributed by atoms with Crippen molar-refractivity contribution < 1.29 is 9.53 Å². The molecule has 2 aromatic rings. The molecule has 0 radical (unpaired) electrons. The molecule has 0 aliphatic carbocycles. The Kier molecular flexibility index (Phi) is 5.30. The van der Waals surface area contributed by atoms with E-state index < -0.39 is 0 Å². The SMILES string of the molecule is CCc1cc(=O)n(CC(=O)NCc2cccc(OC)c2)cn1. The molecule has 1 amide bonds. The van der Waals surface area contributed by atoms with Crippen molar-refractivity contribution in [2.24, 2.45) is 0 Å². The molecule has 0 saturated carbocycles. The minimum atomic E-state index is -0.240.